The summed E-state index contributed by atoms with van der Waals surface area (Å²) in [4.78, 5) is 21.7. The first-order valence-corrected chi connectivity index (χ1v) is 4.78. The Bertz CT molecular complexity index is 297. The zero-order valence-electron chi connectivity index (χ0n) is 8.38. The SMILES string of the molecule is O=C(O)N[N+]1(C(=O)C(F)(F)F)CCCCC1. The molecule has 0 bridgehead atoms. The summed E-state index contributed by atoms with van der Waals surface area (Å²) >= 11 is 0. The molecule has 2 N–H and O–H groups in total. The summed E-state index contributed by atoms with van der Waals surface area (Å²) in [7, 11) is 0. The van der Waals surface area contributed by atoms with E-state index in [9.17, 15) is 22.8 Å². The molecule has 0 spiro atoms. The number of carbonyl (C=O) groups excluding carboxylic acids is 1. The van der Waals surface area contributed by atoms with Crippen LogP contribution >= 0.6 is 0 Å². The second kappa shape index (κ2) is 4.28. The number of halogens is 3. The Morgan fingerprint density at radius 2 is 1.62 bits per heavy atom. The number of rotatable bonds is 0. The highest BCUT2D eigenvalue weighted by molar-refractivity contribution is 5.76. The minimum absolute atomic E-state index is 0.148. The van der Waals surface area contributed by atoms with E-state index in [1.165, 1.54) is 0 Å². The van der Waals surface area contributed by atoms with Crippen LogP contribution in [0.3, 0.4) is 0 Å². The van der Waals surface area contributed by atoms with Gasteiger partial charge in [0.15, 0.2) is 0 Å². The predicted octanol–water partition coefficient (Wildman–Crippen LogP) is 1.26. The lowest BCUT2D eigenvalue weighted by atomic mass is 10.1. The first kappa shape index (κ1) is 12.8. The Kier molecular flexibility index (Phi) is 3.41. The average molecular weight is 241 g/mol. The summed E-state index contributed by atoms with van der Waals surface area (Å²) in [5, 5.41) is 8.50. The van der Waals surface area contributed by atoms with Gasteiger partial charge in [-0.15, -0.1) is 4.59 Å². The molecule has 1 aliphatic rings. The van der Waals surface area contributed by atoms with Crippen molar-refractivity contribution in [3.63, 3.8) is 0 Å². The summed E-state index contributed by atoms with van der Waals surface area (Å²) in [5.41, 5.74) is 1.69. The molecule has 0 aromatic carbocycles. The van der Waals surface area contributed by atoms with Gasteiger partial charge in [-0.1, -0.05) is 0 Å². The quantitative estimate of drug-likeness (QED) is 0.627. The van der Waals surface area contributed by atoms with Gasteiger partial charge >= 0.3 is 18.2 Å². The third-order valence-corrected chi connectivity index (χ3v) is 2.52. The lowest BCUT2D eigenvalue weighted by Crippen LogP contribution is -2.68. The van der Waals surface area contributed by atoms with Gasteiger partial charge in [0.25, 0.3) is 0 Å². The summed E-state index contributed by atoms with van der Waals surface area (Å²) in [5.74, 6) is -2.05. The zero-order valence-corrected chi connectivity index (χ0v) is 8.38. The maximum absolute atomic E-state index is 12.3. The number of quaternary nitrogens is 1. The maximum atomic E-state index is 12.3. The van der Waals surface area contributed by atoms with Gasteiger partial charge < -0.3 is 5.11 Å². The highest BCUT2D eigenvalue weighted by Gasteiger charge is 2.56. The summed E-state index contributed by atoms with van der Waals surface area (Å²) in [6.45, 7) is -0.296. The fraction of sp³-hybridized carbons (Fsp3) is 0.750. The average Bonchev–Trinajstić information content (AvgIpc) is 2.15. The molecule has 0 aliphatic carbocycles. The third kappa shape index (κ3) is 2.63. The molecule has 0 saturated carbocycles. The highest BCUT2D eigenvalue weighted by atomic mass is 19.4. The smallest absolute Gasteiger partial charge is 0.462 e. The van der Waals surface area contributed by atoms with E-state index in [-0.39, 0.29) is 13.1 Å². The number of hydrogen-bond donors (Lipinski definition) is 2. The highest BCUT2D eigenvalue weighted by Crippen LogP contribution is 2.26. The van der Waals surface area contributed by atoms with Crippen LogP contribution in [-0.2, 0) is 4.79 Å². The standard InChI is InChI=1S/C8H11F3N2O3/c9-8(10,11)6(14)13(12-7(15)16)4-2-1-3-5-13/h12H,1-5H2/p+1. The predicted molar refractivity (Wildman–Crippen MR) is 46.1 cm³/mol. The van der Waals surface area contributed by atoms with Gasteiger partial charge in [0.05, 0.1) is 0 Å². The van der Waals surface area contributed by atoms with Crippen LogP contribution in [-0.4, -0.2) is 41.0 Å². The lowest BCUT2D eigenvalue weighted by Gasteiger charge is -2.36. The van der Waals surface area contributed by atoms with Crippen molar-refractivity contribution < 1.29 is 32.5 Å². The van der Waals surface area contributed by atoms with Gasteiger partial charge in [-0.2, -0.15) is 18.6 Å². The van der Waals surface area contributed by atoms with E-state index < -0.39 is 22.8 Å². The Morgan fingerprint density at radius 1 is 1.12 bits per heavy atom. The molecule has 0 atom stereocenters. The van der Waals surface area contributed by atoms with Crippen LogP contribution in [0.4, 0.5) is 18.0 Å². The Hall–Kier alpha value is -1.31. The van der Waals surface area contributed by atoms with E-state index in [1.54, 1.807) is 5.43 Å². The molecule has 16 heavy (non-hydrogen) atoms. The minimum atomic E-state index is -5.03. The van der Waals surface area contributed by atoms with Gasteiger partial charge in [-0.25, -0.2) is 9.59 Å². The van der Waals surface area contributed by atoms with E-state index in [0.29, 0.717) is 19.3 Å². The van der Waals surface area contributed by atoms with Crippen LogP contribution < -0.4 is 5.43 Å². The molecule has 8 heteroatoms. The molecular weight excluding hydrogens is 229 g/mol. The number of amides is 2. The van der Waals surface area contributed by atoms with Crippen molar-refractivity contribution in [1.29, 1.82) is 0 Å². The molecule has 1 fully saturated rings. The molecular formula is C8H12F3N2O3+. The second-order valence-electron chi connectivity index (χ2n) is 3.70. The number of likely N-dealkylation sites (tertiary alicyclic amines) is 1. The normalized spacial score (nSPS) is 20.2. The molecule has 1 saturated heterocycles. The van der Waals surface area contributed by atoms with E-state index in [0.717, 1.165) is 0 Å². The number of carbonyl (C=O) groups is 2. The van der Waals surface area contributed by atoms with Crippen molar-refractivity contribution in [3.8, 4) is 0 Å². The van der Waals surface area contributed by atoms with E-state index in [1.807, 2.05) is 0 Å². The number of piperidine rings is 1. The fourth-order valence-electron chi connectivity index (χ4n) is 1.84. The van der Waals surface area contributed by atoms with E-state index in [2.05, 4.69) is 0 Å². The summed E-state index contributed by atoms with van der Waals surface area (Å²) in [6, 6.07) is 0. The van der Waals surface area contributed by atoms with Crippen LogP contribution in [0.2, 0.25) is 0 Å². The largest absolute Gasteiger partial charge is 0.512 e. The molecule has 1 heterocycles. The second-order valence-corrected chi connectivity index (χ2v) is 3.70. The Morgan fingerprint density at radius 3 is 2.00 bits per heavy atom. The molecule has 0 aromatic rings. The Balaban J connectivity index is 2.94. The lowest BCUT2D eigenvalue weighted by molar-refractivity contribution is -0.899. The first-order valence-electron chi connectivity index (χ1n) is 4.78. The minimum Gasteiger partial charge on any atom is -0.462 e. The topological polar surface area (TPSA) is 66.4 Å². The van der Waals surface area contributed by atoms with Gasteiger partial charge in [-0.3, -0.25) is 0 Å². The molecule has 0 unspecified atom stereocenters. The van der Waals surface area contributed by atoms with Gasteiger partial charge in [0.1, 0.15) is 13.1 Å². The molecule has 1 aliphatic heterocycles. The van der Waals surface area contributed by atoms with Crippen LogP contribution in [0.1, 0.15) is 19.3 Å². The van der Waals surface area contributed by atoms with Gasteiger partial charge in [-0.05, 0) is 19.3 Å². The van der Waals surface area contributed by atoms with Crippen molar-refractivity contribution in [2.24, 2.45) is 0 Å². The molecule has 5 nitrogen and oxygen atoms in total. The van der Waals surface area contributed by atoms with Crippen LogP contribution in [0.5, 0.6) is 0 Å². The van der Waals surface area contributed by atoms with Crippen LogP contribution in [0.25, 0.3) is 0 Å². The van der Waals surface area contributed by atoms with Crippen molar-refractivity contribution in [3.05, 3.63) is 0 Å². The number of carboxylic acid groups (broad SMARTS) is 1. The van der Waals surface area contributed by atoms with Gasteiger partial charge in [0.2, 0.25) is 0 Å². The monoisotopic (exact) mass is 241 g/mol. The van der Waals surface area contributed by atoms with E-state index in [4.69, 9.17) is 5.11 Å². The summed E-state index contributed by atoms with van der Waals surface area (Å²) < 4.78 is 35.8. The maximum Gasteiger partial charge on any atom is 0.512 e. The van der Waals surface area contributed by atoms with Crippen LogP contribution in [0, 0.1) is 0 Å². The van der Waals surface area contributed by atoms with Crippen molar-refractivity contribution in [1.82, 2.24) is 5.43 Å². The fourth-order valence-corrected chi connectivity index (χ4v) is 1.84. The van der Waals surface area contributed by atoms with E-state index >= 15 is 0 Å². The van der Waals surface area contributed by atoms with Crippen molar-refractivity contribution in [2.75, 3.05) is 13.1 Å². The van der Waals surface area contributed by atoms with Crippen molar-refractivity contribution in [2.45, 2.75) is 25.4 Å². The number of hydrogen-bond acceptors (Lipinski definition) is 2. The molecule has 0 radical (unpaired) electrons. The number of alkyl halides is 3. The van der Waals surface area contributed by atoms with Crippen LogP contribution in [0.15, 0.2) is 0 Å². The third-order valence-electron chi connectivity index (χ3n) is 2.52. The number of nitrogens with one attached hydrogen (secondary N) is 1. The molecule has 2 amide bonds. The summed E-state index contributed by atoms with van der Waals surface area (Å²) in [6.07, 6.45) is -5.17. The molecule has 1 rings (SSSR count). The molecule has 0 aromatic heterocycles. The van der Waals surface area contributed by atoms with Crippen molar-refractivity contribution >= 4 is 12.0 Å². The zero-order chi connectivity index (χ0) is 12.4. The Labute approximate surface area is 89.4 Å². The number of nitrogens with zero attached hydrogens (tertiary/aromatic N) is 1. The first-order chi connectivity index (χ1) is 7.28. The molecule has 92 valence electrons. The van der Waals surface area contributed by atoms with Gasteiger partial charge in [0, 0.05) is 0 Å².